The Morgan fingerprint density at radius 1 is 1.64 bits per heavy atom. The van der Waals surface area contributed by atoms with Crippen molar-refractivity contribution in [3.63, 3.8) is 0 Å². The molecule has 0 atom stereocenters. The van der Waals surface area contributed by atoms with Gasteiger partial charge in [0.05, 0.1) is 0 Å². The largest absolute Gasteiger partial charge is 0.458 e. The van der Waals surface area contributed by atoms with Crippen molar-refractivity contribution in [1.29, 1.82) is 0 Å². The molecule has 0 amide bonds. The molecule has 62 valence electrons. The SMILES string of the molecule is C=C(C)C(=O)OCC=CCCl. The summed E-state index contributed by atoms with van der Waals surface area (Å²) in [5, 5.41) is 0. The van der Waals surface area contributed by atoms with Gasteiger partial charge in [-0.2, -0.15) is 0 Å². The van der Waals surface area contributed by atoms with Gasteiger partial charge in [0.2, 0.25) is 0 Å². The van der Waals surface area contributed by atoms with Crippen LogP contribution in [0.1, 0.15) is 6.92 Å². The van der Waals surface area contributed by atoms with Crippen LogP contribution in [0.25, 0.3) is 0 Å². The average molecular weight is 175 g/mol. The molecule has 0 aliphatic rings. The standard InChI is InChI=1S/C8H11ClO2/c1-7(2)8(10)11-6-4-3-5-9/h3-4H,1,5-6H2,2H3. The maximum absolute atomic E-state index is 10.7. The lowest BCUT2D eigenvalue weighted by Crippen LogP contribution is -2.04. The van der Waals surface area contributed by atoms with Crippen LogP contribution in [0.4, 0.5) is 0 Å². The molecule has 0 heterocycles. The van der Waals surface area contributed by atoms with Gasteiger partial charge >= 0.3 is 5.97 Å². The number of halogens is 1. The molecule has 11 heavy (non-hydrogen) atoms. The van der Waals surface area contributed by atoms with E-state index in [0.29, 0.717) is 11.5 Å². The lowest BCUT2D eigenvalue weighted by atomic mass is 10.4. The molecule has 0 aromatic carbocycles. The maximum Gasteiger partial charge on any atom is 0.333 e. The quantitative estimate of drug-likeness (QED) is 0.282. The Hall–Kier alpha value is -0.760. The Bertz CT molecular complexity index is 173. The highest BCUT2D eigenvalue weighted by Crippen LogP contribution is 1.91. The number of ether oxygens (including phenoxy) is 1. The van der Waals surface area contributed by atoms with E-state index in [9.17, 15) is 4.79 Å². The molecule has 0 saturated heterocycles. The Kier molecular flexibility index (Phi) is 5.57. The molecule has 0 aliphatic heterocycles. The summed E-state index contributed by atoms with van der Waals surface area (Å²) in [5.74, 6) is 0.0641. The van der Waals surface area contributed by atoms with E-state index in [-0.39, 0.29) is 12.6 Å². The molecule has 0 aromatic heterocycles. The van der Waals surface area contributed by atoms with Gasteiger partial charge < -0.3 is 4.74 Å². The van der Waals surface area contributed by atoms with Gasteiger partial charge in [-0.15, -0.1) is 11.6 Å². The van der Waals surface area contributed by atoms with E-state index in [4.69, 9.17) is 16.3 Å². The second-order valence-corrected chi connectivity index (χ2v) is 2.31. The highest BCUT2D eigenvalue weighted by atomic mass is 35.5. The van der Waals surface area contributed by atoms with Crippen molar-refractivity contribution in [2.24, 2.45) is 0 Å². The molecular weight excluding hydrogens is 164 g/mol. The molecule has 0 aliphatic carbocycles. The lowest BCUT2D eigenvalue weighted by Gasteiger charge is -1.98. The van der Waals surface area contributed by atoms with Crippen LogP contribution in [0.2, 0.25) is 0 Å². The third kappa shape index (κ3) is 5.67. The maximum atomic E-state index is 10.7. The fourth-order valence-electron chi connectivity index (χ4n) is 0.378. The van der Waals surface area contributed by atoms with Gasteiger partial charge in [0, 0.05) is 11.5 Å². The monoisotopic (exact) mass is 174 g/mol. The Labute approximate surface area is 71.5 Å². The molecule has 0 rings (SSSR count). The molecule has 3 heteroatoms. The number of alkyl halides is 1. The van der Waals surface area contributed by atoms with Crippen molar-refractivity contribution in [3.8, 4) is 0 Å². The molecule has 0 saturated carbocycles. The first-order chi connectivity index (χ1) is 5.18. The van der Waals surface area contributed by atoms with E-state index in [2.05, 4.69) is 6.58 Å². The summed E-state index contributed by atoms with van der Waals surface area (Å²) in [4.78, 5) is 10.7. The van der Waals surface area contributed by atoms with Crippen molar-refractivity contribution in [2.75, 3.05) is 12.5 Å². The normalized spacial score (nSPS) is 10.0. The zero-order valence-electron chi connectivity index (χ0n) is 6.47. The van der Waals surface area contributed by atoms with Crippen molar-refractivity contribution in [3.05, 3.63) is 24.3 Å². The summed E-state index contributed by atoms with van der Waals surface area (Å²) in [6, 6.07) is 0. The highest BCUT2D eigenvalue weighted by Gasteiger charge is 1.99. The predicted molar refractivity (Wildman–Crippen MR) is 45.6 cm³/mol. The van der Waals surface area contributed by atoms with Gasteiger partial charge in [0.1, 0.15) is 6.61 Å². The van der Waals surface area contributed by atoms with E-state index in [1.807, 2.05) is 0 Å². The van der Waals surface area contributed by atoms with Crippen LogP contribution in [0.15, 0.2) is 24.3 Å². The molecular formula is C8H11ClO2. The molecule has 0 aromatic rings. The van der Waals surface area contributed by atoms with Crippen molar-refractivity contribution < 1.29 is 9.53 Å². The van der Waals surface area contributed by atoms with Gasteiger partial charge in [0.15, 0.2) is 0 Å². The number of hydrogen-bond acceptors (Lipinski definition) is 2. The number of carbonyl (C=O) groups is 1. The first kappa shape index (κ1) is 10.2. The van der Waals surface area contributed by atoms with Gasteiger partial charge in [0.25, 0.3) is 0 Å². The van der Waals surface area contributed by atoms with Crippen LogP contribution >= 0.6 is 11.6 Å². The van der Waals surface area contributed by atoms with Crippen LogP contribution in [-0.2, 0) is 9.53 Å². The summed E-state index contributed by atoms with van der Waals surface area (Å²) < 4.78 is 4.72. The lowest BCUT2D eigenvalue weighted by molar-refractivity contribution is -0.137. The van der Waals surface area contributed by atoms with Crippen LogP contribution in [-0.4, -0.2) is 18.5 Å². The first-order valence-electron chi connectivity index (χ1n) is 3.22. The predicted octanol–water partition coefficient (Wildman–Crippen LogP) is 1.90. The third-order valence-electron chi connectivity index (χ3n) is 0.915. The molecule has 0 N–H and O–H groups in total. The van der Waals surface area contributed by atoms with E-state index < -0.39 is 0 Å². The Balaban J connectivity index is 3.47. The number of hydrogen-bond donors (Lipinski definition) is 0. The van der Waals surface area contributed by atoms with Crippen LogP contribution in [0.5, 0.6) is 0 Å². The Morgan fingerprint density at radius 3 is 2.73 bits per heavy atom. The van der Waals surface area contributed by atoms with Crippen LogP contribution in [0.3, 0.4) is 0 Å². The third-order valence-corrected chi connectivity index (χ3v) is 1.09. The van der Waals surface area contributed by atoms with Crippen LogP contribution in [0, 0.1) is 0 Å². The number of carbonyl (C=O) groups excluding carboxylic acids is 1. The highest BCUT2D eigenvalue weighted by molar-refractivity contribution is 6.18. The van der Waals surface area contributed by atoms with Crippen molar-refractivity contribution >= 4 is 17.6 Å². The molecule has 2 nitrogen and oxygen atoms in total. The summed E-state index contributed by atoms with van der Waals surface area (Å²) in [7, 11) is 0. The Morgan fingerprint density at radius 2 is 2.27 bits per heavy atom. The van der Waals surface area contributed by atoms with Gasteiger partial charge in [-0.1, -0.05) is 18.7 Å². The summed E-state index contributed by atoms with van der Waals surface area (Å²) in [6.45, 7) is 5.30. The fourth-order valence-corrected chi connectivity index (χ4v) is 0.504. The molecule has 0 unspecified atom stereocenters. The van der Waals surface area contributed by atoms with E-state index in [1.54, 1.807) is 19.1 Å². The minimum absolute atomic E-state index is 0.262. The molecule has 0 radical (unpaired) electrons. The van der Waals surface area contributed by atoms with Crippen molar-refractivity contribution in [2.45, 2.75) is 6.92 Å². The molecule has 0 spiro atoms. The smallest absolute Gasteiger partial charge is 0.333 e. The minimum Gasteiger partial charge on any atom is -0.458 e. The summed E-state index contributed by atoms with van der Waals surface area (Å²) in [6.07, 6.45) is 3.40. The van der Waals surface area contributed by atoms with E-state index in [1.165, 1.54) is 0 Å². The van der Waals surface area contributed by atoms with Gasteiger partial charge in [-0.3, -0.25) is 0 Å². The zero-order chi connectivity index (χ0) is 8.69. The number of allylic oxidation sites excluding steroid dienone is 1. The average Bonchev–Trinajstić information content (AvgIpc) is 1.97. The molecule has 0 fully saturated rings. The summed E-state index contributed by atoms with van der Waals surface area (Å²) in [5.41, 5.74) is 0.407. The van der Waals surface area contributed by atoms with Gasteiger partial charge in [-0.25, -0.2) is 4.79 Å². The van der Waals surface area contributed by atoms with E-state index in [0.717, 1.165) is 0 Å². The second-order valence-electron chi connectivity index (χ2n) is 2.00. The van der Waals surface area contributed by atoms with Crippen LogP contribution < -0.4 is 0 Å². The van der Waals surface area contributed by atoms with Crippen molar-refractivity contribution in [1.82, 2.24) is 0 Å². The summed E-state index contributed by atoms with van der Waals surface area (Å²) >= 11 is 5.33. The number of rotatable bonds is 4. The topological polar surface area (TPSA) is 26.3 Å². The zero-order valence-corrected chi connectivity index (χ0v) is 7.23. The fraction of sp³-hybridized carbons (Fsp3) is 0.375. The first-order valence-corrected chi connectivity index (χ1v) is 3.75. The second kappa shape index (κ2) is 5.98. The van der Waals surface area contributed by atoms with Gasteiger partial charge in [-0.05, 0) is 6.92 Å². The minimum atomic E-state index is -0.371. The number of esters is 1. The molecule has 0 bridgehead atoms. The van der Waals surface area contributed by atoms with E-state index >= 15 is 0 Å².